The Kier molecular flexibility index (Phi) is 5.58. The van der Waals surface area contributed by atoms with Crippen LogP contribution in [0.2, 0.25) is 0 Å². The minimum atomic E-state index is -0.800. The maximum atomic E-state index is 13.3. The first-order valence-corrected chi connectivity index (χ1v) is 5.46. The molecule has 0 aliphatic heterocycles. The van der Waals surface area contributed by atoms with Crippen LogP contribution in [0.1, 0.15) is 11.9 Å². The van der Waals surface area contributed by atoms with Crippen LogP contribution < -0.4 is 11.2 Å². The van der Waals surface area contributed by atoms with Gasteiger partial charge in [0, 0.05) is 19.8 Å². The van der Waals surface area contributed by atoms with Crippen LogP contribution in [0.4, 0.5) is 10.1 Å². The summed E-state index contributed by atoms with van der Waals surface area (Å²) in [5.41, 5.74) is 8.15. The Hall–Kier alpha value is -2.50. The van der Waals surface area contributed by atoms with Gasteiger partial charge in [-0.15, -0.1) is 0 Å². The molecule has 0 fully saturated rings. The Labute approximate surface area is 115 Å². The highest BCUT2D eigenvalue weighted by Gasteiger charge is 2.15. The number of anilines is 1. The van der Waals surface area contributed by atoms with E-state index in [4.69, 9.17) is 25.9 Å². The van der Waals surface area contributed by atoms with Crippen molar-refractivity contribution in [2.45, 2.75) is 6.29 Å². The van der Waals surface area contributed by atoms with Gasteiger partial charge in [-0.2, -0.15) is 10.4 Å². The number of benzene rings is 1. The lowest BCUT2D eigenvalue weighted by Crippen LogP contribution is -2.22. The lowest BCUT2D eigenvalue weighted by Gasteiger charge is -2.17. The van der Waals surface area contributed by atoms with E-state index in [9.17, 15) is 4.39 Å². The summed E-state index contributed by atoms with van der Waals surface area (Å²) in [5, 5.41) is 19.6. The standard InChI is InChI=1S/C12H14FN5O2/c1-19-12(20-2)8-5-7(13)3-4-9(8)17-18-10(6-14)11(15)16/h3-5,12,17H,1-2H3,(H3,15,16)/b18-10+. The van der Waals surface area contributed by atoms with E-state index >= 15 is 0 Å². The fourth-order valence-electron chi connectivity index (χ4n) is 1.44. The third-order valence-corrected chi connectivity index (χ3v) is 2.34. The molecule has 0 atom stereocenters. The highest BCUT2D eigenvalue weighted by atomic mass is 19.1. The molecule has 0 spiro atoms. The zero-order valence-electron chi connectivity index (χ0n) is 11.0. The van der Waals surface area contributed by atoms with Crippen LogP contribution in [0.5, 0.6) is 0 Å². The van der Waals surface area contributed by atoms with E-state index in [1.165, 1.54) is 32.4 Å². The number of hydrogen-bond acceptors (Lipinski definition) is 6. The van der Waals surface area contributed by atoms with Crippen LogP contribution in [-0.2, 0) is 9.47 Å². The SMILES string of the molecule is COC(OC)c1cc(F)ccc1N/N=C(\C#N)C(=N)N. The van der Waals surface area contributed by atoms with Crippen molar-refractivity contribution in [2.24, 2.45) is 10.8 Å². The number of nitrogens with one attached hydrogen (secondary N) is 2. The molecule has 106 valence electrons. The molecule has 0 aliphatic carbocycles. The molecule has 0 saturated heterocycles. The predicted molar refractivity (Wildman–Crippen MR) is 71.7 cm³/mol. The molecular formula is C12H14FN5O2. The molecule has 4 N–H and O–H groups in total. The second-order valence-corrected chi connectivity index (χ2v) is 3.63. The van der Waals surface area contributed by atoms with Crippen LogP contribution in [-0.4, -0.2) is 25.8 Å². The minimum absolute atomic E-state index is 0.286. The number of nitrogens with zero attached hydrogens (tertiary/aromatic N) is 2. The third-order valence-electron chi connectivity index (χ3n) is 2.34. The van der Waals surface area contributed by atoms with Gasteiger partial charge in [-0.05, 0) is 18.2 Å². The average molecular weight is 279 g/mol. The van der Waals surface area contributed by atoms with Crippen LogP contribution in [0.3, 0.4) is 0 Å². The quantitative estimate of drug-likeness (QED) is 0.314. The molecule has 1 aromatic rings. The molecule has 0 unspecified atom stereocenters. The normalized spacial score (nSPS) is 11.2. The Bertz CT molecular complexity index is 563. The number of amidine groups is 1. The van der Waals surface area contributed by atoms with Crippen LogP contribution in [0.25, 0.3) is 0 Å². The molecule has 0 radical (unpaired) electrons. The second kappa shape index (κ2) is 7.18. The van der Waals surface area contributed by atoms with Gasteiger partial charge in [-0.25, -0.2) is 4.39 Å². The van der Waals surface area contributed by atoms with Crippen molar-refractivity contribution in [3.63, 3.8) is 0 Å². The van der Waals surface area contributed by atoms with Gasteiger partial charge >= 0.3 is 0 Å². The van der Waals surface area contributed by atoms with E-state index in [0.29, 0.717) is 11.3 Å². The first-order chi connectivity index (χ1) is 9.53. The zero-order valence-corrected chi connectivity index (χ0v) is 11.0. The van der Waals surface area contributed by atoms with Crippen LogP contribution in [0.15, 0.2) is 23.3 Å². The van der Waals surface area contributed by atoms with E-state index in [-0.39, 0.29) is 5.71 Å². The van der Waals surface area contributed by atoms with Gasteiger partial charge in [0.2, 0.25) is 5.71 Å². The van der Waals surface area contributed by atoms with Gasteiger partial charge in [-0.3, -0.25) is 10.8 Å². The molecule has 0 aromatic heterocycles. The summed E-state index contributed by atoms with van der Waals surface area (Å²) in [6.45, 7) is 0. The lowest BCUT2D eigenvalue weighted by atomic mass is 10.1. The molecule has 0 bridgehead atoms. The first-order valence-electron chi connectivity index (χ1n) is 5.46. The maximum Gasteiger partial charge on any atom is 0.201 e. The molecule has 1 rings (SSSR count). The number of hydrogen-bond donors (Lipinski definition) is 3. The Balaban J connectivity index is 3.13. The van der Waals surface area contributed by atoms with Crippen molar-refractivity contribution in [2.75, 3.05) is 19.6 Å². The number of halogens is 1. The Morgan fingerprint density at radius 3 is 2.65 bits per heavy atom. The maximum absolute atomic E-state index is 13.3. The molecular weight excluding hydrogens is 265 g/mol. The smallest absolute Gasteiger partial charge is 0.201 e. The topological polar surface area (TPSA) is 117 Å². The number of nitriles is 1. The highest BCUT2D eigenvalue weighted by Crippen LogP contribution is 2.26. The molecule has 7 nitrogen and oxygen atoms in total. The third kappa shape index (κ3) is 3.74. The molecule has 0 saturated carbocycles. The van der Waals surface area contributed by atoms with Crippen LogP contribution >= 0.6 is 0 Å². The molecule has 0 aliphatic rings. The molecule has 0 amide bonds. The Morgan fingerprint density at radius 1 is 1.50 bits per heavy atom. The summed E-state index contributed by atoms with van der Waals surface area (Å²) in [7, 11) is 2.81. The van der Waals surface area contributed by atoms with E-state index in [2.05, 4.69) is 10.5 Å². The van der Waals surface area contributed by atoms with E-state index in [1.54, 1.807) is 6.07 Å². The van der Waals surface area contributed by atoms with Gasteiger partial charge in [-0.1, -0.05) is 0 Å². The number of methoxy groups -OCH3 is 2. The van der Waals surface area contributed by atoms with Gasteiger partial charge in [0.1, 0.15) is 11.9 Å². The fourth-order valence-corrected chi connectivity index (χ4v) is 1.44. The highest BCUT2D eigenvalue weighted by molar-refractivity contribution is 6.45. The van der Waals surface area contributed by atoms with E-state index < -0.39 is 17.9 Å². The Morgan fingerprint density at radius 2 is 2.15 bits per heavy atom. The van der Waals surface area contributed by atoms with Crippen molar-refractivity contribution in [1.82, 2.24) is 0 Å². The number of rotatable bonds is 6. The summed E-state index contributed by atoms with van der Waals surface area (Å²) in [5.74, 6) is -0.945. The summed E-state index contributed by atoms with van der Waals surface area (Å²) in [4.78, 5) is 0. The number of hydrazone groups is 1. The minimum Gasteiger partial charge on any atom is -0.382 e. The van der Waals surface area contributed by atoms with Gasteiger partial charge < -0.3 is 15.2 Å². The second-order valence-electron chi connectivity index (χ2n) is 3.63. The number of nitrogens with two attached hydrogens (primary N) is 1. The summed E-state index contributed by atoms with van der Waals surface area (Å²) >= 11 is 0. The van der Waals surface area contributed by atoms with Gasteiger partial charge in [0.15, 0.2) is 12.1 Å². The molecule has 20 heavy (non-hydrogen) atoms. The van der Waals surface area contributed by atoms with E-state index in [1.807, 2.05) is 0 Å². The molecule has 8 heteroatoms. The number of ether oxygens (including phenoxy) is 2. The summed E-state index contributed by atoms with van der Waals surface area (Å²) < 4.78 is 23.4. The predicted octanol–water partition coefficient (Wildman–Crippen LogP) is 1.34. The summed E-state index contributed by atoms with van der Waals surface area (Å²) in [6.07, 6.45) is -0.800. The monoisotopic (exact) mass is 279 g/mol. The van der Waals surface area contributed by atoms with Crippen LogP contribution in [0, 0.1) is 22.6 Å². The van der Waals surface area contributed by atoms with Crippen molar-refractivity contribution in [1.29, 1.82) is 10.7 Å². The zero-order chi connectivity index (χ0) is 15.1. The molecule has 0 heterocycles. The molecule has 1 aromatic carbocycles. The van der Waals surface area contributed by atoms with Crippen molar-refractivity contribution < 1.29 is 13.9 Å². The first kappa shape index (κ1) is 15.6. The average Bonchev–Trinajstić information content (AvgIpc) is 2.42. The van der Waals surface area contributed by atoms with Crippen molar-refractivity contribution in [3.05, 3.63) is 29.6 Å². The summed E-state index contributed by atoms with van der Waals surface area (Å²) in [6, 6.07) is 5.50. The van der Waals surface area contributed by atoms with Crippen molar-refractivity contribution >= 4 is 17.2 Å². The van der Waals surface area contributed by atoms with Crippen molar-refractivity contribution in [3.8, 4) is 6.07 Å². The van der Waals surface area contributed by atoms with Gasteiger partial charge in [0.25, 0.3) is 0 Å². The fraction of sp³-hybridized carbons (Fsp3) is 0.250. The van der Waals surface area contributed by atoms with Gasteiger partial charge in [0.05, 0.1) is 5.69 Å². The largest absolute Gasteiger partial charge is 0.382 e. The lowest BCUT2D eigenvalue weighted by molar-refractivity contribution is -0.105. The van der Waals surface area contributed by atoms with E-state index in [0.717, 1.165) is 0 Å².